The lowest BCUT2D eigenvalue weighted by molar-refractivity contribution is 0.277. The van der Waals surface area contributed by atoms with Gasteiger partial charge in [-0.2, -0.15) is 5.10 Å². The first-order chi connectivity index (χ1) is 8.31. The van der Waals surface area contributed by atoms with E-state index in [0.717, 1.165) is 25.4 Å². The molecule has 1 aliphatic carbocycles. The number of nitrogens with zero attached hydrogens (tertiary/aromatic N) is 2. The molecule has 0 amide bonds. The molecule has 3 heteroatoms. The molecule has 0 radical (unpaired) electrons. The van der Waals surface area contributed by atoms with Crippen molar-refractivity contribution in [2.24, 2.45) is 5.92 Å². The van der Waals surface area contributed by atoms with Crippen LogP contribution in [0.4, 0.5) is 0 Å². The first-order valence-electron chi connectivity index (χ1n) is 7.05. The predicted octanol–water partition coefficient (Wildman–Crippen LogP) is 2.96. The van der Waals surface area contributed by atoms with E-state index in [9.17, 15) is 0 Å². The van der Waals surface area contributed by atoms with Crippen LogP contribution in [0.2, 0.25) is 0 Å². The second-order valence-corrected chi connectivity index (χ2v) is 5.29. The molecule has 1 heterocycles. The number of hydrogen-bond donors (Lipinski definition) is 1. The molecule has 1 fully saturated rings. The van der Waals surface area contributed by atoms with Crippen LogP contribution in [0.3, 0.4) is 0 Å². The first kappa shape index (κ1) is 12.6. The summed E-state index contributed by atoms with van der Waals surface area (Å²) in [6.07, 6.45) is 8.57. The molecule has 2 unspecified atom stereocenters. The predicted molar refractivity (Wildman–Crippen MR) is 70.8 cm³/mol. The lowest BCUT2D eigenvalue weighted by Gasteiger charge is -2.29. The molecule has 1 saturated carbocycles. The average Bonchev–Trinajstić information content (AvgIpc) is 2.76. The van der Waals surface area contributed by atoms with Gasteiger partial charge in [-0.05, 0) is 31.2 Å². The second-order valence-electron chi connectivity index (χ2n) is 5.29. The van der Waals surface area contributed by atoms with E-state index in [0.29, 0.717) is 6.04 Å². The Labute approximate surface area is 105 Å². The van der Waals surface area contributed by atoms with Crippen LogP contribution in [0.25, 0.3) is 0 Å². The normalized spacial score (nSPS) is 25.1. The highest BCUT2D eigenvalue weighted by atomic mass is 15.3. The van der Waals surface area contributed by atoms with Gasteiger partial charge in [0.2, 0.25) is 0 Å². The average molecular weight is 235 g/mol. The Bertz CT molecular complexity index is 332. The molecule has 1 aromatic rings. The molecule has 1 aromatic heterocycles. The highest BCUT2D eigenvalue weighted by molar-refractivity contribution is 5.00. The Kier molecular flexibility index (Phi) is 4.60. The zero-order chi connectivity index (χ0) is 12.1. The van der Waals surface area contributed by atoms with Gasteiger partial charge in [-0.3, -0.25) is 4.68 Å². The van der Waals surface area contributed by atoms with E-state index < -0.39 is 0 Å². The Morgan fingerprint density at radius 2 is 2.24 bits per heavy atom. The summed E-state index contributed by atoms with van der Waals surface area (Å²) in [6, 6.07) is 2.84. The summed E-state index contributed by atoms with van der Waals surface area (Å²) in [6.45, 7) is 6.57. The molecule has 0 spiro atoms. The number of rotatable bonds is 5. The van der Waals surface area contributed by atoms with E-state index >= 15 is 0 Å². The zero-order valence-electron chi connectivity index (χ0n) is 11.2. The maximum absolute atomic E-state index is 4.37. The fourth-order valence-electron chi connectivity index (χ4n) is 2.78. The minimum Gasteiger partial charge on any atom is -0.308 e. The molecular weight excluding hydrogens is 210 g/mol. The van der Waals surface area contributed by atoms with Crippen molar-refractivity contribution in [3.8, 4) is 0 Å². The third-order valence-electron chi connectivity index (χ3n) is 3.90. The van der Waals surface area contributed by atoms with Crippen molar-refractivity contribution in [2.75, 3.05) is 0 Å². The van der Waals surface area contributed by atoms with E-state index in [-0.39, 0.29) is 0 Å². The number of aromatic nitrogens is 2. The van der Waals surface area contributed by atoms with E-state index in [1.807, 2.05) is 6.20 Å². The van der Waals surface area contributed by atoms with Crippen LogP contribution in [0, 0.1) is 5.92 Å². The standard InChI is InChI=1S/C14H25N3/c1-3-10-17-13(8-9-16-17)11-15-14-7-5-4-6-12(14)2/h8-9,12,14-15H,3-7,10-11H2,1-2H3. The van der Waals surface area contributed by atoms with Crippen molar-refractivity contribution in [1.82, 2.24) is 15.1 Å². The Hall–Kier alpha value is -0.830. The molecule has 3 nitrogen and oxygen atoms in total. The third-order valence-corrected chi connectivity index (χ3v) is 3.90. The van der Waals surface area contributed by atoms with Gasteiger partial charge in [-0.15, -0.1) is 0 Å². The summed E-state index contributed by atoms with van der Waals surface area (Å²) in [7, 11) is 0. The van der Waals surface area contributed by atoms with Gasteiger partial charge in [0.1, 0.15) is 0 Å². The molecule has 0 aromatic carbocycles. The molecule has 0 saturated heterocycles. The van der Waals surface area contributed by atoms with Crippen LogP contribution >= 0.6 is 0 Å². The maximum Gasteiger partial charge on any atom is 0.0522 e. The van der Waals surface area contributed by atoms with Crippen molar-refractivity contribution >= 4 is 0 Å². The summed E-state index contributed by atoms with van der Waals surface area (Å²) in [5.41, 5.74) is 1.32. The van der Waals surface area contributed by atoms with Crippen LogP contribution < -0.4 is 5.32 Å². The lowest BCUT2D eigenvalue weighted by Crippen LogP contribution is -2.37. The van der Waals surface area contributed by atoms with Gasteiger partial charge in [0.15, 0.2) is 0 Å². The summed E-state index contributed by atoms with van der Waals surface area (Å²) >= 11 is 0. The fraction of sp³-hybridized carbons (Fsp3) is 0.786. The Balaban J connectivity index is 1.86. The number of nitrogens with one attached hydrogen (secondary N) is 1. The summed E-state index contributed by atoms with van der Waals surface area (Å²) in [4.78, 5) is 0. The Morgan fingerprint density at radius 1 is 1.41 bits per heavy atom. The van der Waals surface area contributed by atoms with E-state index in [1.165, 1.54) is 31.4 Å². The van der Waals surface area contributed by atoms with E-state index in [1.54, 1.807) is 0 Å². The van der Waals surface area contributed by atoms with E-state index in [2.05, 4.69) is 35.0 Å². The minimum absolute atomic E-state index is 0.703. The van der Waals surface area contributed by atoms with Crippen molar-refractivity contribution in [3.05, 3.63) is 18.0 Å². The molecule has 17 heavy (non-hydrogen) atoms. The highest BCUT2D eigenvalue weighted by Gasteiger charge is 2.20. The second kappa shape index (κ2) is 6.20. The quantitative estimate of drug-likeness (QED) is 0.850. The topological polar surface area (TPSA) is 29.9 Å². The van der Waals surface area contributed by atoms with Crippen molar-refractivity contribution in [1.29, 1.82) is 0 Å². The van der Waals surface area contributed by atoms with Gasteiger partial charge in [0.05, 0.1) is 5.69 Å². The van der Waals surface area contributed by atoms with Crippen molar-refractivity contribution in [3.63, 3.8) is 0 Å². The van der Waals surface area contributed by atoms with Gasteiger partial charge in [-0.25, -0.2) is 0 Å². The largest absolute Gasteiger partial charge is 0.308 e. The van der Waals surface area contributed by atoms with Gasteiger partial charge >= 0.3 is 0 Å². The van der Waals surface area contributed by atoms with Crippen LogP contribution in [-0.2, 0) is 13.1 Å². The van der Waals surface area contributed by atoms with Crippen LogP contribution in [0.15, 0.2) is 12.3 Å². The van der Waals surface area contributed by atoms with Gasteiger partial charge in [-0.1, -0.05) is 26.7 Å². The van der Waals surface area contributed by atoms with E-state index in [4.69, 9.17) is 0 Å². The summed E-state index contributed by atoms with van der Waals surface area (Å²) in [5.74, 6) is 0.825. The fourth-order valence-corrected chi connectivity index (χ4v) is 2.78. The van der Waals surface area contributed by atoms with Crippen molar-refractivity contribution in [2.45, 2.75) is 65.1 Å². The number of aryl methyl sites for hydroxylation is 1. The van der Waals surface area contributed by atoms with Gasteiger partial charge in [0, 0.05) is 25.3 Å². The molecule has 1 aliphatic rings. The molecular formula is C14H25N3. The molecule has 1 N–H and O–H groups in total. The van der Waals surface area contributed by atoms with Crippen LogP contribution in [-0.4, -0.2) is 15.8 Å². The van der Waals surface area contributed by atoms with Crippen LogP contribution in [0.1, 0.15) is 51.6 Å². The van der Waals surface area contributed by atoms with Crippen LogP contribution in [0.5, 0.6) is 0 Å². The minimum atomic E-state index is 0.703. The molecule has 2 atom stereocenters. The molecule has 96 valence electrons. The SMILES string of the molecule is CCCn1nccc1CNC1CCCCC1C. The van der Waals surface area contributed by atoms with Gasteiger partial charge < -0.3 is 5.32 Å². The third kappa shape index (κ3) is 3.32. The number of hydrogen-bond acceptors (Lipinski definition) is 2. The summed E-state index contributed by atoms with van der Waals surface area (Å²) in [5, 5.41) is 8.08. The lowest BCUT2D eigenvalue weighted by atomic mass is 9.86. The summed E-state index contributed by atoms with van der Waals surface area (Å²) < 4.78 is 2.13. The molecule has 0 bridgehead atoms. The maximum atomic E-state index is 4.37. The zero-order valence-corrected chi connectivity index (χ0v) is 11.2. The molecule has 2 rings (SSSR count). The first-order valence-corrected chi connectivity index (χ1v) is 7.05. The smallest absolute Gasteiger partial charge is 0.0522 e. The van der Waals surface area contributed by atoms with Crippen molar-refractivity contribution < 1.29 is 0 Å². The Morgan fingerprint density at radius 3 is 3.00 bits per heavy atom. The monoisotopic (exact) mass is 235 g/mol. The molecule has 0 aliphatic heterocycles. The highest BCUT2D eigenvalue weighted by Crippen LogP contribution is 2.23. The van der Waals surface area contributed by atoms with Gasteiger partial charge in [0.25, 0.3) is 0 Å².